The summed E-state index contributed by atoms with van der Waals surface area (Å²) in [5.74, 6) is 1.72. The number of amides is 1. The molecule has 3 heterocycles. The van der Waals surface area contributed by atoms with Gasteiger partial charge in [-0.3, -0.25) is 9.78 Å². The highest BCUT2D eigenvalue weighted by Crippen LogP contribution is 2.34. The molecule has 2 aromatic heterocycles. The second-order valence-electron chi connectivity index (χ2n) is 9.07. The Morgan fingerprint density at radius 3 is 2.82 bits per heavy atom. The normalized spacial score (nSPS) is 15.3. The maximum absolute atomic E-state index is 11.9. The lowest BCUT2D eigenvalue weighted by molar-refractivity contribution is -0.136. The summed E-state index contributed by atoms with van der Waals surface area (Å²) in [6, 6.07) is 16.8. The van der Waals surface area contributed by atoms with E-state index in [0.29, 0.717) is 48.6 Å². The third kappa shape index (κ3) is 6.12. The Labute approximate surface area is 225 Å². The molecule has 1 fully saturated rings. The summed E-state index contributed by atoms with van der Waals surface area (Å²) in [4.78, 5) is 26.7. The first-order valence-corrected chi connectivity index (χ1v) is 12.8. The first kappa shape index (κ1) is 25.7. The van der Waals surface area contributed by atoms with Gasteiger partial charge in [0.2, 0.25) is 5.91 Å². The first-order chi connectivity index (χ1) is 18.6. The van der Waals surface area contributed by atoms with Crippen LogP contribution in [0.25, 0.3) is 10.9 Å². The van der Waals surface area contributed by atoms with E-state index >= 15 is 0 Å². The highest BCUT2D eigenvalue weighted by Gasteiger charge is 2.24. The highest BCUT2D eigenvalue weighted by atomic mass is 35.5. The molecule has 0 radical (unpaired) electrons. The van der Waals surface area contributed by atoms with Gasteiger partial charge in [0.15, 0.2) is 0 Å². The van der Waals surface area contributed by atoms with E-state index in [1.807, 2.05) is 42.5 Å². The van der Waals surface area contributed by atoms with Gasteiger partial charge in [0.05, 0.1) is 28.2 Å². The lowest BCUT2D eigenvalue weighted by Gasteiger charge is -2.32. The van der Waals surface area contributed by atoms with Gasteiger partial charge >= 0.3 is 0 Å². The molecule has 0 aliphatic carbocycles. The Morgan fingerprint density at radius 1 is 1.08 bits per heavy atom. The molecular weight excluding hydrogens is 506 g/mol. The van der Waals surface area contributed by atoms with Crippen LogP contribution in [0.15, 0.2) is 67.1 Å². The Morgan fingerprint density at radius 2 is 2.00 bits per heavy atom. The van der Waals surface area contributed by atoms with Gasteiger partial charge in [-0.05, 0) is 55.3 Å². The number of piperidine rings is 1. The lowest BCUT2D eigenvalue weighted by atomic mass is 9.99. The second kappa shape index (κ2) is 12.1. The number of ether oxygens (including phenoxy) is 2. The summed E-state index contributed by atoms with van der Waals surface area (Å²) in [5.41, 5.74) is 2.29. The molecule has 38 heavy (non-hydrogen) atoms. The quantitative estimate of drug-likeness (QED) is 0.321. The fraction of sp³-hybridized carbons (Fsp3) is 0.286. The summed E-state index contributed by atoms with van der Waals surface area (Å²) >= 11 is 6.51. The van der Waals surface area contributed by atoms with E-state index in [1.165, 1.54) is 6.33 Å². The minimum absolute atomic E-state index is 0.174. The van der Waals surface area contributed by atoms with Gasteiger partial charge in [0.25, 0.3) is 0 Å². The van der Waals surface area contributed by atoms with Crippen LogP contribution in [0.4, 0.5) is 11.5 Å². The Hall–Kier alpha value is -3.95. The molecule has 196 valence electrons. The van der Waals surface area contributed by atoms with Crippen LogP contribution in [0, 0.1) is 5.92 Å². The predicted molar refractivity (Wildman–Crippen MR) is 145 cm³/mol. The van der Waals surface area contributed by atoms with Gasteiger partial charge in [-0.1, -0.05) is 23.7 Å². The molecule has 0 spiro atoms. The fourth-order valence-corrected chi connectivity index (χ4v) is 4.73. The minimum atomic E-state index is -0.468. The maximum atomic E-state index is 11.9. The van der Waals surface area contributed by atoms with Crippen molar-refractivity contribution in [3.63, 3.8) is 0 Å². The van der Waals surface area contributed by atoms with Crippen LogP contribution in [0.1, 0.15) is 18.5 Å². The molecule has 1 atom stereocenters. The third-order valence-electron chi connectivity index (χ3n) is 6.40. The number of hydrogen-bond acceptors (Lipinski definition) is 8. The number of rotatable bonds is 9. The van der Waals surface area contributed by atoms with Crippen molar-refractivity contribution in [3.05, 3.63) is 77.8 Å². The smallest absolute Gasteiger partial charge is 0.248 e. The van der Waals surface area contributed by atoms with Crippen LogP contribution in [0.3, 0.4) is 0 Å². The average molecular weight is 534 g/mol. The summed E-state index contributed by atoms with van der Waals surface area (Å²) in [6.45, 7) is 1.53. The molecule has 1 saturated heterocycles. The van der Waals surface area contributed by atoms with Gasteiger partial charge in [0, 0.05) is 30.9 Å². The van der Waals surface area contributed by atoms with Crippen molar-refractivity contribution in [2.75, 3.05) is 31.6 Å². The zero-order valence-corrected chi connectivity index (χ0v) is 21.5. The van der Waals surface area contributed by atoms with Crippen LogP contribution in [-0.2, 0) is 11.4 Å². The van der Waals surface area contributed by atoms with Crippen molar-refractivity contribution in [3.8, 4) is 11.5 Å². The van der Waals surface area contributed by atoms with Gasteiger partial charge < -0.3 is 24.8 Å². The maximum Gasteiger partial charge on any atom is 0.248 e. The van der Waals surface area contributed by atoms with Crippen LogP contribution in [0.5, 0.6) is 11.5 Å². The van der Waals surface area contributed by atoms with E-state index < -0.39 is 6.61 Å². The zero-order chi connectivity index (χ0) is 26.3. The predicted octanol–water partition coefficient (Wildman–Crippen LogP) is 4.61. The molecule has 2 aromatic carbocycles. The summed E-state index contributed by atoms with van der Waals surface area (Å²) in [6.07, 6.45) is 5.06. The SMILES string of the molecule is O=C(CO)N1CCC[C@@H](COc2cccc3ncnc(Nc4ccc(OCc5ccccn5)c(Cl)c4)c23)C1. The van der Waals surface area contributed by atoms with Crippen LogP contribution < -0.4 is 14.8 Å². The number of benzene rings is 2. The number of pyridine rings is 1. The Kier molecular flexibility index (Phi) is 8.15. The van der Waals surface area contributed by atoms with Gasteiger partial charge in [-0.2, -0.15) is 0 Å². The monoisotopic (exact) mass is 533 g/mol. The topological polar surface area (TPSA) is 110 Å². The van der Waals surface area contributed by atoms with Crippen LogP contribution in [-0.4, -0.2) is 57.2 Å². The molecule has 2 N–H and O–H groups in total. The molecule has 0 saturated carbocycles. The molecule has 1 aliphatic heterocycles. The number of fused-ring (bicyclic) bond motifs is 1. The fourth-order valence-electron chi connectivity index (χ4n) is 4.50. The molecule has 0 bridgehead atoms. The summed E-state index contributed by atoms with van der Waals surface area (Å²) in [7, 11) is 0. The molecule has 9 nitrogen and oxygen atoms in total. The number of hydrogen-bond donors (Lipinski definition) is 2. The number of aromatic nitrogens is 3. The molecule has 1 amide bonds. The number of aliphatic hydroxyl groups is 1. The average Bonchev–Trinajstić information content (AvgIpc) is 2.96. The number of nitrogens with one attached hydrogen (secondary N) is 1. The summed E-state index contributed by atoms with van der Waals surface area (Å²) in [5, 5.41) is 13.7. The number of carbonyl (C=O) groups is 1. The van der Waals surface area contributed by atoms with E-state index in [1.54, 1.807) is 23.2 Å². The van der Waals surface area contributed by atoms with E-state index in [-0.39, 0.29) is 11.8 Å². The first-order valence-electron chi connectivity index (χ1n) is 12.4. The molecular formula is C28H28ClN5O4. The van der Waals surface area contributed by atoms with Crippen molar-refractivity contribution in [1.82, 2.24) is 19.9 Å². The second-order valence-corrected chi connectivity index (χ2v) is 9.48. The van der Waals surface area contributed by atoms with Crippen molar-refractivity contribution in [2.24, 2.45) is 5.92 Å². The van der Waals surface area contributed by atoms with E-state index in [0.717, 1.165) is 35.1 Å². The molecule has 4 aromatic rings. The standard InChI is InChI=1S/C28H28ClN5O4/c29-22-13-20(9-10-24(22)38-17-21-6-1-2-11-30-21)33-28-27-23(31-18-32-28)7-3-8-25(27)37-16-19-5-4-12-34(14-19)26(36)15-35/h1-3,6-11,13,18-19,35H,4-5,12,14-17H2,(H,31,32,33)/t19-/m1/s1. The number of aliphatic hydroxyl groups excluding tert-OH is 1. The lowest BCUT2D eigenvalue weighted by Crippen LogP contribution is -2.42. The number of likely N-dealkylation sites (tertiary alicyclic amines) is 1. The molecule has 10 heteroatoms. The Balaban J connectivity index is 1.30. The number of carbonyl (C=O) groups excluding carboxylic acids is 1. The van der Waals surface area contributed by atoms with Crippen molar-refractivity contribution < 1.29 is 19.4 Å². The van der Waals surface area contributed by atoms with Crippen molar-refractivity contribution in [2.45, 2.75) is 19.4 Å². The van der Waals surface area contributed by atoms with Crippen LogP contribution in [0.2, 0.25) is 5.02 Å². The molecule has 0 unspecified atom stereocenters. The highest BCUT2D eigenvalue weighted by molar-refractivity contribution is 6.32. The van der Waals surface area contributed by atoms with Crippen molar-refractivity contribution >= 4 is 39.9 Å². The Bertz CT molecular complexity index is 1400. The van der Waals surface area contributed by atoms with Gasteiger partial charge in [-0.25, -0.2) is 9.97 Å². The van der Waals surface area contributed by atoms with Crippen LogP contribution >= 0.6 is 11.6 Å². The molecule has 5 rings (SSSR count). The minimum Gasteiger partial charge on any atom is -0.492 e. The van der Waals surface area contributed by atoms with Crippen molar-refractivity contribution in [1.29, 1.82) is 0 Å². The third-order valence-corrected chi connectivity index (χ3v) is 6.70. The number of nitrogens with zero attached hydrogens (tertiary/aromatic N) is 4. The van der Waals surface area contributed by atoms with Gasteiger partial charge in [0.1, 0.15) is 36.9 Å². The van der Waals surface area contributed by atoms with E-state index in [2.05, 4.69) is 20.3 Å². The zero-order valence-electron chi connectivity index (χ0n) is 20.7. The molecule has 1 aliphatic rings. The van der Waals surface area contributed by atoms with E-state index in [4.69, 9.17) is 21.1 Å². The van der Waals surface area contributed by atoms with Gasteiger partial charge in [-0.15, -0.1) is 0 Å². The number of anilines is 2. The number of halogens is 1. The van der Waals surface area contributed by atoms with E-state index in [9.17, 15) is 9.90 Å². The summed E-state index contributed by atoms with van der Waals surface area (Å²) < 4.78 is 12.1. The largest absolute Gasteiger partial charge is 0.492 e.